The van der Waals surface area contributed by atoms with Crippen LogP contribution in [0.4, 0.5) is 0 Å². The lowest BCUT2D eigenvalue weighted by Gasteiger charge is -2.17. The van der Waals surface area contributed by atoms with Crippen molar-refractivity contribution in [1.82, 2.24) is 5.32 Å². The van der Waals surface area contributed by atoms with Gasteiger partial charge in [0.15, 0.2) is 0 Å². The molecule has 1 aromatic carbocycles. The predicted octanol–water partition coefficient (Wildman–Crippen LogP) is 6.01. The predicted molar refractivity (Wildman–Crippen MR) is 98.6 cm³/mol. The largest absolute Gasteiger partial charge is 0.310 e. The van der Waals surface area contributed by atoms with Gasteiger partial charge in [0.1, 0.15) is 0 Å². The van der Waals surface area contributed by atoms with Crippen molar-refractivity contribution in [2.24, 2.45) is 0 Å². The van der Waals surface area contributed by atoms with Crippen LogP contribution in [0.3, 0.4) is 0 Å². The molecule has 3 aromatic rings. The zero-order valence-corrected chi connectivity index (χ0v) is 15.2. The third kappa shape index (κ3) is 3.57. The summed E-state index contributed by atoms with van der Waals surface area (Å²) in [4.78, 5) is 1.42. The molecule has 0 amide bonds. The summed E-state index contributed by atoms with van der Waals surface area (Å²) < 4.78 is 2.59. The Morgan fingerprint density at radius 1 is 1.19 bits per heavy atom. The molecule has 110 valence electrons. The van der Waals surface area contributed by atoms with E-state index in [0.29, 0.717) is 6.04 Å². The fraction of sp³-hybridized carbons (Fsp3) is 0.294. The van der Waals surface area contributed by atoms with Crippen LogP contribution >= 0.6 is 38.6 Å². The Hall–Kier alpha value is -0.680. The highest BCUT2D eigenvalue weighted by atomic mass is 79.9. The fourth-order valence-corrected chi connectivity index (χ4v) is 5.09. The number of thiophene rings is 2. The van der Waals surface area contributed by atoms with Gasteiger partial charge in [-0.3, -0.25) is 0 Å². The lowest BCUT2D eigenvalue weighted by atomic mass is 10.0. The SMILES string of the molecule is CCCNC(Cc1ccc(Br)s1)c1csc2ccccc12. The molecule has 1 atom stereocenters. The second-order valence-electron chi connectivity index (χ2n) is 5.10. The van der Waals surface area contributed by atoms with Gasteiger partial charge in [-0.25, -0.2) is 0 Å². The van der Waals surface area contributed by atoms with Gasteiger partial charge in [-0.2, -0.15) is 0 Å². The maximum atomic E-state index is 3.72. The molecule has 2 heterocycles. The number of nitrogens with one attached hydrogen (secondary N) is 1. The molecule has 21 heavy (non-hydrogen) atoms. The van der Waals surface area contributed by atoms with E-state index in [1.54, 1.807) is 0 Å². The molecule has 0 aliphatic carbocycles. The molecule has 1 N–H and O–H groups in total. The van der Waals surface area contributed by atoms with Crippen LogP contribution in [-0.2, 0) is 6.42 Å². The summed E-state index contributed by atoms with van der Waals surface area (Å²) in [5.41, 5.74) is 1.44. The van der Waals surface area contributed by atoms with Crippen LogP contribution in [0.25, 0.3) is 10.1 Å². The van der Waals surface area contributed by atoms with E-state index >= 15 is 0 Å². The van der Waals surface area contributed by atoms with Crippen molar-refractivity contribution < 1.29 is 0 Å². The molecule has 3 rings (SSSR count). The second-order valence-corrected chi connectivity index (χ2v) is 8.56. The molecule has 0 fully saturated rings. The second kappa shape index (κ2) is 7.05. The third-order valence-corrected chi connectivity index (χ3v) is 6.19. The highest BCUT2D eigenvalue weighted by Gasteiger charge is 2.16. The van der Waals surface area contributed by atoms with Crippen LogP contribution < -0.4 is 5.32 Å². The van der Waals surface area contributed by atoms with Crippen LogP contribution in [-0.4, -0.2) is 6.54 Å². The molecule has 0 saturated heterocycles. The number of rotatable bonds is 6. The van der Waals surface area contributed by atoms with Crippen molar-refractivity contribution >= 4 is 48.7 Å². The van der Waals surface area contributed by atoms with Gasteiger partial charge in [-0.15, -0.1) is 22.7 Å². The van der Waals surface area contributed by atoms with E-state index in [0.717, 1.165) is 19.4 Å². The lowest BCUT2D eigenvalue weighted by Crippen LogP contribution is -2.23. The van der Waals surface area contributed by atoms with Gasteiger partial charge in [0.05, 0.1) is 3.79 Å². The number of benzene rings is 1. The van der Waals surface area contributed by atoms with Gasteiger partial charge < -0.3 is 5.32 Å². The quantitative estimate of drug-likeness (QED) is 0.552. The molecule has 0 radical (unpaired) electrons. The van der Waals surface area contributed by atoms with Crippen LogP contribution in [0, 0.1) is 0 Å². The van der Waals surface area contributed by atoms with E-state index in [-0.39, 0.29) is 0 Å². The van der Waals surface area contributed by atoms with E-state index in [1.165, 1.54) is 24.3 Å². The van der Waals surface area contributed by atoms with Crippen molar-refractivity contribution in [3.05, 3.63) is 56.0 Å². The monoisotopic (exact) mass is 379 g/mol. The molecule has 1 unspecified atom stereocenters. The standard InChI is InChI=1S/C17H18BrNS2/c1-2-9-19-15(10-12-7-8-17(18)21-12)14-11-20-16-6-4-3-5-13(14)16/h3-8,11,15,19H,2,9-10H2,1H3. The Balaban J connectivity index is 1.91. The van der Waals surface area contributed by atoms with Crippen molar-refractivity contribution in [2.75, 3.05) is 6.54 Å². The first-order valence-corrected chi connectivity index (χ1v) is 9.70. The number of fused-ring (bicyclic) bond motifs is 1. The molecule has 4 heteroatoms. The van der Waals surface area contributed by atoms with Gasteiger partial charge in [-0.1, -0.05) is 25.1 Å². The molecule has 0 saturated carbocycles. The molecule has 1 nitrogen and oxygen atoms in total. The summed E-state index contributed by atoms with van der Waals surface area (Å²) in [7, 11) is 0. The minimum atomic E-state index is 0.395. The van der Waals surface area contributed by atoms with Crippen molar-refractivity contribution in [1.29, 1.82) is 0 Å². The summed E-state index contributed by atoms with van der Waals surface area (Å²) in [6, 6.07) is 13.5. The highest BCUT2D eigenvalue weighted by molar-refractivity contribution is 9.11. The molecule has 2 aromatic heterocycles. The minimum absolute atomic E-state index is 0.395. The first kappa shape index (κ1) is 15.2. The average molecular weight is 380 g/mol. The average Bonchev–Trinajstić information content (AvgIpc) is 3.09. The van der Waals surface area contributed by atoms with Crippen LogP contribution in [0.5, 0.6) is 0 Å². The first-order chi connectivity index (χ1) is 10.3. The number of hydrogen-bond acceptors (Lipinski definition) is 3. The molecular weight excluding hydrogens is 362 g/mol. The minimum Gasteiger partial charge on any atom is -0.310 e. The van der Waals surface area contributed by atoms with E-state index in [1.807, 2.05) is 22.7 Å². The summed E-state index contributed by atoms with van der Waals surface area (Å²) >= 11 is 7.24. The van der Waals surface area contributed by atoms with Gasteiger partial charge >= 0.3 is 0 Å². The zero-order valence-electron chi connectivity index (χ0n) is 11.9. The Bertz CT molecular complexity index is 716. The first-order valence-electron chi connectivity index (χ1n) is 7.21. The molecule has 0 spiro atoms. The third-order valence-electron chi connectivity index (χ3n) is 3.56. The normalized spacial score (nSPS) is 12.9. The lowest BCUT2D eigenvalue weighted by molar-refractivity contribution is 0.536. The van der Waals surface area contributed by atoms with E-state index < -0.39 is 0 Å². The maximum absolute atomic E-state index is 3.72. The van der Waals surface area contributed by atoms with Crippen LogP contribution in [0.1, 0.15) is 29.8 Å². The van der Waals surface area contributed by atoms with Gasteiger partial charge in [0, 0.05) is 22.0 Å². The van der Waals surface area contributed by atoms with Gasteiger partial charge in [-0.05, 0) is 63.4 Å². The van der Waals surface area contributed by atoms with Crippen molar-refractivity contribution in [3.63, 3.8) is 0 Å². The van der Waals surface area contributed by atoms with Crippen molar-refractivity contribution in [3.8, 4) is 0 Å². The van der Waals surface area contributed by atoms with Crippen LogP contribution in [0.15, 0.2) is 45.6 Å². The molecular formula is C17H18BrNS2. The van der Waals surface area contributed by atoms with Gasteiger partial charge in [0.25, 0.3) is 0 Å². The fourth-order valence-electron chi connectivity index (χ4n) is 2.54. The number of hydrogen-bond donors (Lipinski definition) is 1. The molecule has 0 bridgehead atoms. The summed E-state index contributed by atoms with van der Waals surface area (Å²) in [5.74, 6) is 0. The summed E-state index contributed by atoms with van der Waals surface area (Å²) in [5, 5.41) is 7.43. The van der Waals surface area contributed by atoms with Crippen LogP contribution in [0.2, 0.25) is 0 Å². The summed E-state index contributed by atoms with van der Waals surface area (Å²) in [6.07, 6.45) is 2.21. The zero-order chi connectivity index (χ0) is 14.7. The highest BCUT2D eigenvalue weighted by Crippen LogP contribution is 2.33. The maximum Gasteiger partial charge on any atom is 0.0701 e. The van der Waals surface area contributed by atoms with Crippen molar-refractivity contribution in [2.45, 2.75) is 25.8 Å². The smallest absolute Gasteiger partial charge is 0.0701 e. The molecule has 0 aliphatic rings. The Kier molecular flexibility index (Phi) is 5.11. The van der Waals surface area contributed by atoms with E-state index in [2.05, 4.69) is 69.9 Å². The Morgan fingerprint density at radius 2 is 2.05 bits per heavy atom. The Labute approximate surface area is 142 Å². The Morgan fingerprint density at radius 3 is 2.81 bits per heavy atom. The van der Waals surface area contributed by atoms with E-state index in [4.69, 9.17) is 0 Å². The summed E-state index contributed by atoms with van der Waals surface area (Å²) in [6.45, 7) is 3.28. The molecule has 0 aliphatic heterocycles. The topological polar surface area (TPSA) is 12.0 Å². The van der Waals surface area contributed by atoms with E-state index in [9.17, 15) is 0 Å². The van der Waals surface area contributed by atoms with Gasteiger partial charge in [0.2, 0.25) is 0 Å². The number of halogens is 1.